The summed E-state index contributed by atoms with van der Waals surface area (Å²) < 4.78 is 40.8. The molecule has 15 heteroatoms. The molecule has 3 N–H and O–H groups in total. The molecule has 0 spiro atoms. The Hall–Kier alpha value is -6.16. The molecule has 0 saturated carbocycles. The molecule has 2 heterocycles. The zero-order valence-electron chi connectivity index (χ0n) is 33.8. The summed E-state index contributed by atoms with van der Waals surface area (Å²) in [4.78, 5) is 22.6. The van der Waals surface area contributed by atoms with Gasteiger partial charge >= 0.3 is 6.03 Å². The Balaban J connectivity index is 1.11. The molecule has 6 rings (SSSR count). The summed E-state index contributed by atoms with van der Waals surface area (Å²) >= 11 is 0. The maximum Gasteiger partial charge on any atom is 0.324 e. The van der Waals surface area contributed by atoms with E-state index in [-0.39, 0.29) is 5.41 Å². The Kier molecular flexibility index (Phi) is 14.2. The number of ether oxygens (including phenoxy) is 7. The lowest BCUT2D eigenvalue weighted by Crippen LogP contribution is -2.22. The number of fused-ring (bicyclic) bond motifs is 1. The van der Waals surface area contributed by atoms with Gasteiger partial charge in [0.15, 0.2) is 0 Å². The minimum absolute atomic E-state index is 0.241. The van der Waals surface area contributed by atoms with E-state index >= 15 is 0 Å². The van der Waals surface area contributed by atoms with Crippen LogP contribution in [0.1, 0.15) is 44.0 Å². The number of nitrogens with zero attached hydrogens (tertiary/aromatic N) is 4. The molecule has 1 aliphatic rings. The lowest BCUT2D eigenvalue weighted by molar-refractivity contribution is 0.0179. The van der Waals surface area contributed by atoms with Crippen LogP contribution in [0.2, 0.25) is 0 Å². The first-order chi connectivity index (χ1) is 28.1. The number of aromatic nitrogens is 4. The first-order valence-corrected chi connectivity index (χ1v) is 19.0. The SMILES string of the molecule is COCCOCCOCCOc1cc(Nc2nccc(Oc3ccc(NC(=O)Nc4cc(C(C)(C)C)nn4-c4ccc(OC)cc4)c4c3CCC=C4)n2)cc(OC)c1. The van der Waals surface area contributed by atoms with Crippen LogP contribution in [0.5, 0.6) is 28.9 Å². The number of allylic oxidation sites excluding steroid dienone is 1. The highest BCUT2D eigenvalue weighted by molar-refractivity contribution is 6.01. The van der Waals surface area contributed by atoms with Crippen molar-refractivity contribution in [3.8, 4) is 34.6 Å². The van der Waals surface area contributed by atoms with Gasteiger partial charge in [0.2, 0.25) is 11.8 Å². The number of methoxy groups -OCH3 is 3. The number of carbonyl (C=O) groups is 1. The third kappa shape index (κ3) is 11.2. The van der Waals surface area contributed by atoms with Gasteiger partial charge in [-0.05, 0) is 49.2 Å². The van der Waals surface area contributed by atoms with Gasteiger partial charge in [0.1, 0.15) is 35.4 Å². The molecule has 2 amide bonds. The number of benzene rings is 3. The van der Waals surface area contributed by atoms with E-state index in [1.165, 1.54) is 0 Å². The van der Waals surface area contributed by atoms with E-state index in [9.17, 15) is 4.79 Å². The van der Waals surface area contributed by atoms with Crippen LogP contribution in [0.15, 0.2) is 79.0 Å². The number of urea groups is 1. The van der Waals surface area contributed by atoms with Crippen LogP contribution in [0, 0.1) is 0 Å². The first kappa shape index (κ1) is 41.5. The summed E-state index contributed by atoms with van der Waals surface area (Å²) in [5.41, 5.74) is 4.49. The predicted octanol–water partition coefficient (Wildman–Crippen LogP) is 8.17. The Morgan fingerprint density at radius 3 is 2.29 bits per heavy atom. The van der Waals surface area contributed by atoms with Crippen molar-refractivity contribution in [1.29, 1.82) is 0 Å². The van der Waals surface area contributed by atoms with Crippen LogP contribution >= 0.6 is 0 Å². The molecule has 0 bridgehead atoms. The van der Waals surface area contributed by atoms with Gasteiger partial charge in [-0.3, -0.25) is 5.32 Å². The fourth-order valence-corrected chi connectivity index (χ4v) is 5.98. The van der Waals surface area contributed by atoms with Crippen molar-refractivity contribution in [1.82, 2.24) is 19.7 Å². The fourth-order valence-electron chi connectivity index (χ4n) is 5.98. The predicted molar refractivity (Wildman–Crippen MR) is 223 cm³/mol. The van der Waals surface area contributed by atoms with Gasteiger partial charge in [-0.2, -0.15) is 10.1 Å². The van der Waals surface area contributed by atoms with Crippen molar-refractivity contribution >= 4 is 35.2 Å². The van der Waals surface area contributed by atoms with Gasteiger partial charge in [0, 0.05) is 65.9 Å². The number of carbonyl (C=O) groups excluding carboxylic acids is 1. The van der Waals surface area contributed by atoms with E-state index < -0.39 is 6.03 Å². The summed E-state index contributed by atoms with van der Waals surface area (Å²) in [5, 5.41) is 14.1. The van der Waals surface area contributed by atoms with Crippen LogP contribution in [-0.4, -0.2) is 86.8 Å². The molecule has 1 aliphatic carbocycles. The lowest BCUT2D eigenvalue weighted by Gasteiger charge is -2.20. The molecular weight excluding hydrogens is 743 g/mol. The number of hydrogen-bond donors (Lipinski definition) is 3. The second-order valence-electron chi connectivity index (χ2n) is 14.2. The third-order valence-electron chi connectivity index (χ3n) is 8.96. The van der Waals surface area contributed by atoms with Gasteiger partial charge in [0.25, 0.3) is 0 Å². The molecule has 0 fully saturated rings. The maximum atomic E-state index is 13.6. The van der Waals surface area contributed by atoms with E-state index in [2.05, 4.69) is 52.8 Å². The number of amides is 2. The van der Waals surface area contributed by atoms with E-state index in [1.54, 1.807) is 44.3 Å². The molecule has 0 saturated heterocycles. The third-order valence-corrected chi connectivity index (χ3v) is 8.96. The van der Waals surface area contributed by atoms with Crippen molar-refractivity contribution in [3.05, 3.63) is 95.8 Å². The largest absolute Gasteiger partial charge is 0.497 e. The molecule has 306 valence electrons. The van der Waals surface area contributed by atoms with Crippen LogP contribution in [0.3, 0.4) is 0 Å². The lowest BCUT2D eigenvalue weighted by atomic mass is 9.92. The molecule has 5 aromatic rings. The summed E-state index contributed by atoms with van der Waals surface area (Å²) in [7, 11) is 4.85. The first-order valence-electron chi connectivity index (χ1n) is 19.0. The van der Waals surface area contributed by atoms with E-state index in [0.717, 1.165) is 34.7 Å². The zero-order chi connectivity index (χ0) is 40.9. The molecular formula is C43H51N7O8. The summed E-state index contributed by atoms with van der Waals surface area (Å²) in [6, 6.07) is 19.8. The van der Waals surface area contributed by atoms with Gasteiger partial charge in [-0.1, -0.05) is 32.9 Å². The second kappa shape index (κ2) is 19.8. The highest BCUT2D eigenvalue weighted by Crippen LogP contribution is 2.37. The van der Waals surface area contributed by atoms with Crippen molar-refractivity contribution in [2.45, 2.75) is 39.0 Å². The zero-order valence-corrected chi connectivity index (χ0v) is 33.8. The molecule has 0 unspecified atom stereocenters. The maximum absolute atomic E-state index is 13.6. The second-order valence-corrected chi connectivity index (χ2v) is 14.2. The van der Waals surface area contributed by atoms with Gasteiger partial charge in [-0.15, -0.1) is 0 Å². The number of anilines is 4. The van der Waals surface area contributed by atoms with Crippen molar-refractivity contribution < 1.29 is 38.0 Å². The van der Waals surface area contributed by atoms with Crippen LogP contribution in [-0.2, 0) is 26.0 Å². The monoisotopic (exact) mass is 793 g/mol. The minimum atomic E-state index is -0.407. The normalized spacial score (nSPS) is 12.1. The Morgan fingerprint density at radius 1 is 0.810 bits per heavy atom. The topological polar surface area (TPSA) is 161 Å². The number of rotatable bonds is 19. The standard InChI is InChI=1S/C43H51N7O8/c1-43(2,3)38-28-39(50(49-38)30-11-13-31(53-5)14-12-30)47-42(51)46-36-15-16-37(35-10-8-7-9-34(35)36)58-40-17-18-44-41(48-40)45-29-25-32(54-6)27-33(26-29)57-24-23-56-22-21-55-20-19-52-4/h7,9,11-18,25-28H,8,10,19-24H2,1-6H3,(H,44,45,48)(H2,46,47,51). The highest BCUT2D eigenvalue weighted by atomic mass is 16.6. The van der Waals surface area contributed by atoms with E-state index in [1.807, 2.05) is 60.7 Å². The molecule has 58 heavy (non-hydrogen) atoms. The minimum Gasteiger partial charge on any atom is -0.497 e. The average Bonchev–Trinajstić information content (AvgIpc) is 3.65. The fraction of sp³-hybridized carbons (Fsp3) is 0.349. The Bertz CT molecular complexity index is 2170. The molecule has 3 aromatic carbocycles. The van der Waals surface area contributed by atoms with Crippen molar-refractivity contribution in [2.75, 3.05) is 76.9 Å². The smallest absolute Gasteiger partial charge is 0.324 e. The van der Waals surface area contributed by atoms with Crippen molar-refractivity contribution in [3.63, 3.8) is 0 Å². The molecule has 15 nitrogen and oxygen atoms in total. The Morgan fingerprint density at radius 2 is 1.55 bits per heavy atom. The van der Waals surface area contributed by atoms with Crippen molar-refractivity contribution in [2.24, 2.45) is 0 Å². The quantitative estimate of drug-likeness (QED) is 0.0689. The Labute approximate surface area is 338 Å². The molecule has 0 aliphatic heterocycles. The van der Waals surface area contributed by atoms with Gasteiger partial charge in [-0.25, -0.2) is 14.5 Å². The van der Waals surface area contributed by atoms with Gasteiger partial charge in [0.05, 0.1) is 64.3 Å². The highest BCUT2D eigenvalue weighted by Gasteiger charge is 2.23. The summed E-state index contributed by atoms with van der Waals surface area (Å²) in [6.45, 7) is 9.01. The van der Waals surface area contributed by atoms with Crippen LogP contribution in [0.4, 0.5) is 27.9 Å². The van der Waals surface area contributed by atoms with E-state index in [0.29, 0.717) is 92.3 Å². The van der Waals surface area contributed by atoms with E-state index in [4.69, 9.17) is 38.3 Å². The molecule has 0 radical (unpaired) electrons. The molecule has 0 atom stereocenters. The van der Waals surface area contributed by atoms with Crippen LogP contribution < -0.4 is 34.9 Å². The summed E-state index contributed by atoms with van der Waals surface area (Å²) in [6.07, 6.45) is 7.24. The molecule has 2 aromatic heterocycles. The number of hydrogen-bond acceptors (Lipinski definition) is 12. The van der Waals surface area contributed by atoms with Crippen LogP contribution in [0.25, 0.3) is 11.8 Å². The average molecular weight is 794 g/mol. The number of nitrogens with one attached hydrogen (secondary N) is 3. The van der Waals surface area contributed by atoms with Gasteiger partial charge < -0.3 is 43.8 Å². The summed E-state index contributed by atoms with van der Waals surface area (Å²) in [5.74, 6) is 3.74.